The first-order valence-electron chi connectivity index (χ1n) is 5.20. The molecule has 4 nitrogen and oxygen atoms in total. The molecule has 0 aliphatic heterocycles. The maximum Gasteiger partial charge on any atom is 0.415 e. The minimum Gasteiger partial charge on any atom is -0.490 e. The molecule has 5 heteroatoms. The second-order valence-electron chi connectivity index (χ2n) is 3.95. The Morgan fingerprint density at radius 3 is 2.71 bits per heavy atom. The molecule has 0 bridgehead atoms. The lowest BCUT2D eigenvalue weighted by Crippen LogP contribution is -2.07. The smallest absolute Gasteiger partial charge is 0.415 e. The standard InChI is InChI=1S/C12H12BrNO3/c1-7(2)17-10-4-3-9-8(11(10)13)5-6-14(9)12(15)16/h3-7H,1-2H3,(H,15,16). The molecule has 0 spiro atoms. The van der Waals surface area contributed by atoms with Gasteiger partial charge >= 0.3 is 6.09 Å². The summed E-state index contributed by atoms with van der Waals surface area (Å²) >= 11 is 3.44. The molecule has 2 rings (SSSR count). The number of hydrogen-bond donors (Lipinski definition) is 1. The quantitative estimate of drug-likeness (QED) is 0.919. The van der Waals surface area contributed by atoms with E-state index >= 15 is 0 Å². The first kappa shape index (κ1) is 12.0. The summed E-state index contributed by atoms with van der Waals surface area (Å²) in [5, 5.41) is 9.82. The fraction of sp³-hybridized carbons (Fsp3) is 0.250. The number of rotatable bonds is 2. The Balaban J connectivity index is 2.58. The lowest BCUT2D eigenvalue weighted by Gasteiger charge is -2.12. The van der Waals surface area contributed by atoms with Crippen molar-refractivity contribution in [2.45, 2.75) is 20.0 Å². The summed E-state index contributed by atoms with van der Waals surface area (Å²) in [4.78, 5) is 11.0. The summed E-state index contributed by atoms with van der Waals surface area (Å²) in [5.74, 6) is 0.718. The fourth-order valence-electron chi connectivity index (χ4n) is 1.67. The van der Waals surface area contributed by atoms with Crippen LogP contribution in [0.25, 0.3) is 10.9 Å². The van der Waals surface area contributed by atoms with E-state index in [1.54, 1.807) is 18.2 Å². The summed E-state index contributed by atoms with van der Waals surface area (Å²) in [5.41, 5.74) is 0.639. The first-order chi connectivity index (χ1) is 8.00. The third kappa shape index (κ3) is 2.15. The molecule has 2 aromatic rings. The molecule has 0 saturated carbocycles. The van der Waals surface area contributed by atoms with Crippen LogP contribution < -0.4 is 4.74 Å². The minimum absolute atomic E-state index is 0.0744. The van der Waals surface area contributed by atoms with Gasteiger partial charge in [-0.3, -0.25) is 4.57 Å². The highest BCUT2D eigenvalue weighted by Crippen LogP contribution is 2.34. The Labute approximate surface area is 107 Å². The average Bonchev–Trinajstić information content (AvgIpc) is 2.66. The predicted octanol–water partition coefficient (Wildman–Crippen LogP) is 3.72. The maximum absolute atomic E-state index is 11.0. The Morgan fingerprint density at radius 2 is 2.12 bits per heavy atom. The van der Waals surface area contributed by atoms with Gasteiger partial charge in [0.15, 0.2) is 0 Å². The molecule has 0 fully saturated rings. The summed E-state index contributed by atoms with van der Waals surface area (Å²) < 4.78 is 7.58. The van der Waals surface area contributed by atoms with E-state index < -0.39 is 6.09 Å². The van der Waals surface area contributed by atoms with E-state index in [2.05, 4.69) is 15.9 Å². The monoisotopic (exact) mass is 297 g/mol. The number of benzene rings is 1. The zero-order chi connectivity index (χ0) is 12.6. The number of carbonyl (C=O) groups is 1. The van der Waals surface area contributed by atoms with Gasteiger partial charge in [0.05, 0.1) is 16.1 Å². The van der Waals surface area contributed by atoms with Crippen molar-refractivity contribution in [1.29, 1.82) is 0 Å². The molecule has 0 unspecified atom stereocenters. The van der Waals surface area contributed by atoms with Gasteiger partial charge in [0.2, 0.25) is 0 Å². The molecule has 0 aliphatic carbocycles. The van der Waals surface area contributed by atoms with Gasteiger partial charge in [0.25, 0.3) is 0 Å². The highest BCUT2D eigenvalue weighted by atomic mass is 79.9. The van der Waals surface area contributed by atoms with E-state index in [0.29, 0.717) is 5.52 Å². The average molecular weight is 298 g/mol. The molecule has 1 aromatic carbocycles. The fourth-order valence-corrected chi connectivity index (χ4v) is 2.23. The highest BCUT2D eigenvalue weighted by molar-refractivity contribution is 9.10. The van der Waals surface area contributed by atoms with Crippen LogP contribution in [0.15, 0.2) is 28.9 Å². The molecular formula is C12H12BrNO3. The molecule has 0 saturated heterocycles. The third-order valence-electron chi connectivity index (χ3n) is 2.34. The van der Waals surface area contributed by atoms with Gasteiger partial charge in [0.1, 0.15) is 5.75 Å². The molecule has 0 radical (unpaired) electrons. The van der Waals surface area contributed by atoms with Crippen molar-refractivity contribution in [3.05, 3.63) is 28.9 Å². The van der Waals surface area contributed by atoms with E-state index in [1.165, 1.54) is 10.8 Å². The Morgan fingerprint density at radius 1 is 1.41 bits per heavy atom. The van der Waals surface area contributed by atoms with Gasteiger partial charge in [0, 0.05) is 11.6 Å². The van der Waals surface area contributed by atoms with Crippen LogP contribution in [-0.4, -0.2) is 21.9 Å². The van der Waals surface area contributed by atoms with Crippen LogP contribution in [0.1, 0.15) is 13.8 Å². The van der Waals surface area contributed by atoms with Crippen LogP contribution in [0.3, 0.4) is 0 Å². The topological polar surface area (TPSA) is 51.5 Å². The van der Waals surface area contributed by atoms with Gasteiger partial charge in [-0.15, -0.1) is 0 Å². The van der Waals surface area contributed by atoms with Gasteiger partial charge in [-0.1, -0.05) is 0 Å². The number of aromatic nitrogens is 1. The van der Waals surface area contributed by atoms with Crippen LogP contribution in [-0.2, 0) is 0 Å². The zero-order valence-electron chi connectivity index (χ0n) is 9.48. The highest BCUT2D eigenvalue weighted by Gasteiger charge is 2.13. The summed E-state index contributed by atoms with van der Waals surface area (Å²) in [6.07, 6.45) is 0.603. The molecule has 0 atom stereocenters. The number of carboxylic acid groups (broad SMARTS) is 1. The summed E-state index contributed by atoms with van der Waals surface area (Å²) in [6.45, 7) is 3.89. The van der Waals surface area contributed by atoms with Crippen LogP contribution in [0.2, 0.25) is 0 Å². The largest absolute Gasteiger partial charge is 0.490 e. The Kier molecular flexibility index (Phi) is 3.11. The molecule has 0 amide bonds. The van der Waals surface area contributed by atoms with Crippen LogP contribution in [0, 0.1) is 0 Å². The van der Waals surface area contributed by atoms with E-state index in [1.807, 2.05) is 13.8 Å². The van der Waals surface area contributed by atoms with E-state index in [4.69, 9.17) is 9.84 Å². The molecule has 17 heavy (non-hydrogen) atoms. The molecule has 0 aliphatic rings. The predicted molar refractivity (Wildman–Crippen MR) is 68.8 cm³/mol. The van der Waals surface area contributed by atoms with Gasteiger partial charge in [-0.2, -0.15) is 0 Å². The van der Waals surface area contributed by atoms with Crippen LogP contribution in [0.5, 0.6) is 5.75 Å². The van der Waals surface area contributed by atoms with E-state index in [9.17, 15) is 4.79 Å². The second-order valence-corrected chi connectivity index (χ2v) is 4.74. The van der Waals surface area contributed by atoms with Gasteiger partial charge in [-0.05, 0) is 48.0 Å². The molecule has 1 aromatic heterocycles. The van der Waals surface area contributed by atoms with Crippen molar-refractivity contribution in [3.8, 4) is 5.75 Å². The number of hydrogen-bond acceptors (Lipinski definition) is 2. The maximum atomic E-state index is 11.0. The van der Waals surface area contributed by atoms with Crippen molar-refractivity contribution in [2.24, 2.45) is 0 Å². The van der Waals surface area contributed by atoms with Gasteiger partial charge < -0.3 is 9.84 Å². The van der Waals surface area contributed by atoms with Crippen molar-refractivity contribution in [3.63, 3.8) is 0 Å². The normalized spacial score (nSPS) is 11.1. The van der Waals surface area contributed by atoms with Crippen molar-refractivity contribution in [1.82, 2.24) is 4.57 Å². The van der Waals surface area contributed by atoms with Gasteiger partial charge in [-0.25, -0.2) is 4.79 Å². The molecular weight excluding hydrogens is 286 g/mol. The first-order valence-corrected chi connectivity index (χ1v) is 5.99. The summed E-state index contributed by atoms with van der Waals surface area (Å²) in [7, 11) is 0. The number of ether oxygens (including phenoxy) is 1. The Bertz CT molecular complexity index is 574. The van der Waals surface area contributed by atoms with Crippen molar-refractivity contribution >= 4 is 32.9 Å². The lowest BCUT2D eigenvalue weighted by atomic mass is 10.2. The second kappa shape index (κ2) is 4.41. The molecule has 1 N–H and O–H groups in total. The third-order valence-corrected chi connectivity index (χ3v) is 3.16. The lowest BCUT2D eigenvalue weighted by molar-refractivity contribution is 0.197. The zero-order valence-corrected chi connectivity index (χ0v) is 11.1. The molecule has 1 heterocycles. The van der Waals surface area contributed by atoms with Crippen LogP contribution in [0.4, 0.5) is 4.79 Å². The number of halogens is 1. The van der Waals surface area contributed by atoms with Crippen molar-refractivity contribution in [2.75, 3.05) is 0 Å². The van der Waals surface area contributed by atoms with Crippen molar-refractivity contribution < 1.29 is 14.6 Å². The number of nitrogens with zero attached hydrogens (tertiary/aromatic N) is 1. The minimum atomic E-state index is -0.996. The van der Waals surface area contributed by atoms with Crippen LogP contribution >= 0.6 is 15.9 Å². The van der Waals surface area contributed by atoms with E-state index in [0.717, 1.165) is 15.6 Å². The molecule has 90 valence electrons. The Hall–Kier alpha value is -1.49. The SMILES string of the molecule is CC(C)Oc1ccc2c(ccn2C(=O)O)c1Br. The number of fused-ring (bicyclic) bond motifs is 1. The van der Waals surface area contributed by atoms with E-state index in [-0.39, 0.29) is 6.10 Å². The summed E-state index contributed by atoms with van der Waals surface area (Å²) in [6, 6.07) is 5.26.